The number of aliphatic carboxylic acids is 1. The summed E-state index contributed by atoms with van der Waals surface area (Å²) in [6.45, 7) is 0. The molecule has 3 atom stereocenters. The van der Waals surface area contributed by atoms with Gasteiger partial charge in [-0.15, -0.1) is 0 Å². The van der Waals surface area contributed by atoms with Gasteiger partial charge in [0.05, 0.1) is 12.5 Å². The maximum absolute atomic E-state index is 12.0. The molecule has 2 aliphatic carbocycles. The summed E-state index contributed by atoms with van der Waals surface area (Å²) in [4.78, 5) is 24.1. The Hall–Kier alpha value is -1.84. The van der Waals surface area contributed by atoms with Crippen molar-refractivity contribution in [3.63, 3.8) is 0 Å². The molecule has 124 valence electrons. The number of benzene rings is 1. The number of rotatable bonds is 3. The van der Waals surface area contributed by atoms with Crippen molar-refractivity contribution in [3.05, 3.63) is 29.8 Å². The second-order valence-electron chi connectivity index (χ2n) is 7.06. The molecule has 0 radical (unpaired) electrons. The molecule has 2 saturated carbocycles. The molecule has 0 aliphatic heterocycles. The maximum Gasteiger partial charge on any atom is 0.309 e. The summed E-state index contributed by atoms with van der Waals surface area (Å²) in [6, 6.07) is 7.97. The fourth-order valence-corrected chi connectivity index (χ4v) is 4.33. The number of carboxylic acid groups (broad SMARTS) is 1. The summed E-state index contributed by atoms with van der Waals surface area (Å²) in [5, 5.41) is 9.86. The first-order valence-electron chi connectivity index (χ1n) is 8.44. The summed E-state index contributed by atoms with van der Waals surface area (Å²) in [5.74, 6) is 0.555. The topological polar surface area (TPSA) is 63.6 Å². The Bertz CT molecular complexity index is 592. The van der Waals surface area contributed by atoms with E-state index in [9.17, 15) is 14.7 Å². The molecule has 2 fully saturated rings. The van der Waals surface area contributed by atoms with Gasteiger partial charge in [-0.05, 0) is 55.7 Å². The van der Waals surface area contributed by atoms with Crippen molar-refractivity contribution in [1.29, 1.82) is 0 Å². The van der Waals surface area contributed by atoms with Crippen molar-refractivity contribution >= 4 is 11.8 Å². The fourth-order valence-electron chi connectivity index (χ4n) is 4.33. The average Bonchev–Trinajstić information content (AvgIpc) is 2.54. The van der Waals surface area contributed by atoms with E-state index >= 15 is 0 Å². The maximum atomic E-state index is 12.0. The van der Waals surface area contributed by atoms with Gasteiger partial charge in [0.25, 0.3) is 0 Å². The van der Waals surface area contributed by atoms with Crippen LogP contribution in [0.25, 0.3) is 0 Å². The smallest absolute Gasteiger partial charge is 0.309 e. The van der Waals surface area contributed by atoms with Gasteiger partial charge in [-0.25, -0.2) is 0 Å². The van der Waals surface area contributed by atoms with E-state index < -0.39 is 11.4 Å². The number of ketones is 1. The zero-order chi connectivity index (χ0) is 16.4. The van der Waals surface area contributed by atoms with Crippen molar-refractivity contribution in [3.8, 4) is 5.75 Å². The lowest BCUT2D eigenvalue weighted by Crippen LogP contribution is -2.42. The van der Waals surface area contributed by atoms with E-state index in [1.165, 1.54) is 5.56 Å². The first kappa shape index (κ1) is 16.0. The van der Waals surface area contributed by atoms with Crippen molar-refractivity contribution in [2.24, 2.45) is 11.3 Å². The number of methoxy groups -OCH3 is 1. The first-order chi connectivity index (χ1) is 11.0. The highest BCUT2D eigenvalue weighted by Gasteiger charge is 2.47. The summed E-state index contributed by atoms with van der Waals surface area (Å²) in [5.41, 5.74) is 0.450. The first-order valence-corrected chi connectivity index (χ1v) is 8.44. The minimum Gasteiger partial charge on any atom is -0.497 e. The highest BCUT2D eigenvalue weighted by Crippen LogP contribution is 2.49. The predicted molar refractivity (Wildman–Crippen MR) is 86.6 cm³/mol. The van der Waals surface area contributed by atoms with Gasteiger partial charge in [0.2, 0.25) is 0 Å². The Morgan fingerprint density at radius 2 is 1.83 bits per heavy atom. The third-order valence-corrected chi connectivity index (χ3v) is 5.73. The second-order valence-corrected chi connectivity index (χ2v) is 7.06. The molecule has 4 heteroatoms. The number of carboxylic acids is 1. The van der Waals surface area contributed by atoms with Gasteiger partial charge in [-0.2, -0.15) is 0 Å². The van der Waals surface area contributed by atoms with E-state index in [1.54, 1.807) is 7.11 Å². The number of carbonyl (C=O) groups is 2. The molecule has 0 aromatic heterocycles. The molecular formula is C19H24O4. The van der Waals surface area contributed by atoms with Gasteiger partial charge >= 0.3 is 5.97 Å². The Kier molecular flexibility index (Phi) is 4.42. The Balaban J connectivity index is 1.87. The van der Waals surface area contributed by atoms with Crippen LogP contribution in [-0.4, -0.2) is 24.0 Å². The van der Waals surface area contributed by atoms with Crippen LogP contribution in [-0.2, 0) is 9.59 Å². The van der Waals surface area contributed by atoms with Crippen LogP contribution >= 0.6 is 0 Å². The average molecular weight is 316 g/mol. The largest absolute Gasteiger partial charge is 0.497 e. The minimum atomic E-state index is -0.733. The van der Waals surface area contributed by atoms with Crippen molar-refractivity contribution < 1.29 is 19.4 Å². The number of hydrogen-bond donors (Lipinski definition) is 1. The Morgan fingerprint density at radius 1 is 1.17 bits per heavy atom. The van der Waals surface area contributed by atoms with E-state index in [4.69, 9.17) is 4.74 Å². The van der Waals surface area contributed by atoms with Gasteiger partial charge < -0.3 is 9.84 Å². The molecular weight excluding hydrogens is 292 g/mol. The van der Waals surface area contributed by atoms with Crippen LogP contribution in [0.2, 0.25) is 0 Å². The van der Waals surface area contributed by atoms with Gasteiger partial charge in [-0.1, -0.05) is 18.6 Å². The molecule has 4 nitrogen and oxygen atoms in total. The highest BCUT2D eigenvalue weighted by atomic mass is 16.5. The number of fused-ring (bicyclic) bond motifs is 2. The van der Waals surface area contributed by atoms with Crippen LogP contribution in [0, 0.1) is 11.3 Å². The molecule has 1 aromatic carbocycles. The van der Waals surface area contributed by atoms with E-state index in [1.807, 2.05) is 24.3 Å². The summed E-state index contributed by atoms with van der Waals surface area (Å²) in [6.07, 6.45) is 4.84. The zero-order valence-electron chi connectivity index (χ0n) is 13.6. The molecule has 23 heavy (non-hydrogen) atoms. The number of carbonyl (C=O) groups excluding carboxylic acids is 1. The lowest BCUT2D eigenvalue weighted by Gasteiger charge is -2.41. The van der Waals surface area contributed by atoms with Gasteiger partial charge in [0.15, 0.2) is 0 Å². The third kappa shape index (κ3) is 3.12. The van der Waals surface area contributed by atoms with Crippen molar-refractivity contribution in [1.82, 2.24) is 0 Å². The van der Waals surface area contributed by atoms with Crippen LogP contribution < -0.4 is 4.74 Å². The van der Waals surface area contributed by atoms with Crippen molar-refractivity contribution in [2.75, 3.05) is 7.11 Å². The Morgan fingerprint density at radius 3 is 2.48 bits per heavy atom. The lowest BCUT2D eigenvalue weighted by molar-refractivity contribution is -0.155. The van der Waals surface area contributed by atoms with Crippen LogP contribution in [0.1, 0.15) is 56.4 Å². The molecule has 3 unspecified atom stereocenters. The second kappa shape index (κ2) is 6.34. The summed E-state index contributed by atoms with van der Waals surface area (Å²) in [7, 11) is 1.64. The van der Waals surface area contributed by atoms with Gasteiger partial charge in [0.1, 0.15) is 11.5 Å². The number of Topliss-reactive ketones (excluding diaryl/α,β-unsaturated/α-hetero) is 1. The predicted octanol–water partition coefficient (Wildman–Crippen LogP) is 3.79. The third-order valence-electron chi connectivity index (χ3n) is 5.73. The van der Waals surface area contributed by atoms with E-state index in [2.05, 4.69) is 0 Å². The molecule has 3 rings (SSSR count). The van der Waals surface area contributed by atoms with Gasteiger partial charge in [0, 0.05) is 12.3 Å². The van der Waals surface area contributed by atoms with Crippen LogP contribution in [0.15, 0.2) is 24.3 Å². The van der Waals surface area contributed by atoms with Gasteiger partial charge in [-0.3, -0.25) is 9.59 Å². The Labute approximate surface area is 136 Å². The normalized spacial score (nSPS) is 31.1. The monoisotopic (exact) mass is 316 g/mol. The molecule has 0 heterocycles. The van der Waals surface area contributed by atoms with Crippen LogP contribution in [0.4, 0.5) is 0 Å². The molecule has 0 amide bonds. The van der Waals surface area contributed by atoms with Crippen molar-refractivity contribution in [2.45, 2.75) is 50.9 Å². The number of ether oxygens (including phenoxy) is 1. The van der Waals surface area contributed by atoms with E-state index in [0.29, 0.717) is 25.7 Å². The standard InChI is InChI=1S/C19H24O4/c1-23-16-7-5-13(6-8-16)14-3-2-4-15-12-19(11-14,18(21)22)10-9-17(15)20/h5-8,14-15H,2-4,9-12H2,1H3,(H,21,22). The SMILES string of the molecule is COc1ccc(C2CCCC3CC(C(=O)O)(CCC3=O)C2)cc1. The lowest BCUT2D eigenvalue weighted by atomic mass is 9.61. The molecule has 2 bridgehead atoms. The summed E-state index contributed by atoms with van der Waals surface area (Å²) < 4.78 is 5.20. The van der Waals surface area contributed by atoms with Crippen LogP contribution in [0.3, 0.4) is 0 Å². The van der Waals surface area contributed by atoms with Crippen LogP contribution in [0.5, 0.6) is 5.75 Å². The molecule has 0 spiro atoms. The molecule has 1 N–H and O–H groups in total. The van der Waals surface area contributed by atoms with E-state index in [0.717, 1.165) is 25.0 Å². The zero-order valence-corrected chi connectivity index (χ0v) is 13.6. The highest BCUT2D eigenvalue weighted by molar-refractivity contribution is 5.85. The number of hydrogen-bond acceptors (Lipinski definition) is 3. The molecule has 1 aromatic rings. The minimum absolute atomic E-state index is 0.0448. The summed E-state index contributed by atoms with van der Waals surface area (Å²) >= 11 is 0. The quantitative estimate of drug-likeness (QED) is 0.921. The molecule has 2 aliphatic rings. The fraction of sp³-hybridized carbons (Fsp3) is 0.579. The van der Waals surface area contributed by atoms with E-state index in [-0.39, 0.29) is 17.6 Å². The molecule has 0 saturated heterocycles.